The molecule has 3 rings (SSSR count). The van der Waals surface area contributed by atoms with Gasteiger partial charge in [0.2, 0.25) is 0 Å². The van der Waals surface area contributed by atoms with Gasteiger partial charge in [0.05, 0.1) is 0 Å². The van der Waals surface area contributed by atoms with E-state index in [9.17, 15) is 18.4 Å². The van der Waals surface area contributed by atoms with Crippen molar-refractivity contribution in [2.45, 2.75) is 6.61 Å². The van der Waals surface area contributed by atoms with Crippen LogP contribution < -0.4 is 20.3 Å². The van der Waals surface area contributed by atoms with Crippen LogP contribution in [0.5, 0.6) is 5.75 Å². The van der Waals surface area contributed by atoms with E-state index < -0.39 is 6.61 Å². The van der Waals surface area contributed by atoms with Crippen LogP contribution in [0.2, 0.25) is 0 Å². The molecule has 25 heavy (non-hydrogen) atoms. The quantitative estimate of drug-likeness (QED) is 0.873. The van der Waals surface area contributed by atoms with Crippen molar-refractivity contribution in [3.8, 4) is 5.75 Å². The number of urea groups is 1. The second-order valence-corrected chi connectivity index (χ2v) is 5.29. The summed E-state index contributed by atoms with van der Waals surface area (Å²) in [5, 5.41) is 5.41. The van der Waals surface area contributed by atoms with Crippen molar-refractivity contribution in [3.05, 3.63) is 54.1 Å². The SMILES string of the molecule is O=C(Nc1ccc(N2CCNC2=O)cc1)c1ccc(OC(F)F)cc1. The Labute approximate surface area is 142 Å². The Morgan fingerprint density at radius 2 is 1.80 bits per heavy atom. The fraction of sp³-hybridized carbons (Fsp3) is 0.176. The Bertz CT molecular complexity index is 764. The molecule has 2 aromatic carbocycles. The standard InChI is InChI=1S/C17H15F2N3O3/c18-16(19)25-14-7-1-11(2-8-14)15(23)21-12-3-5-13(6-4-12)22-10-9-20-17(22)24/h1-8,16H,9-10H2,(H,20,24)(H,21,23). The fourth-order valence-corrected chi connectivity index (χ4v) is 2.43. The maximum atomic E-state index is 12.2. The number of nitrogens with zero attached hydrogens (tertiary/aromatic N) is 1. The summed E-state index contributed by atoms with van der Waals surface area (Å²) in [7, 11) is 0. The smallest absolute Gasteiger partial charge is 0.387 e. The molecule has 2 N–H and O–H groups in total. The summed E-state index contributed by atoms with van der Waals surface area (Å²) >= 11 is 0. The molecular formula is C17H15F2N3O3. The number of alkyl halides is 2. The first kappa shape index (κ1) is 16.7. The van der Waals surface area contributed by atoms with Gasteiger partial charge >= 0.3 is 12.6 Å². The molecule has 1 aliphatic heterocycles. The maximum Gasteiger partial charge on any atom is 0.387 e. The van der Waals surface area contributed by atoms with Crippen molar-refractivity contribution in [2.24, 2.45) is 0 Å². The molecule has 8 heteroatoms. The summed E-state index contributed by atoms with van der Waals surface area (Å²) in [4.78, 5) is 25.4. The third-order valence-corrected chi connectivity index (χ3v) is 3.64. The largest absolute Gasteiger partial charge is 0.435 e. The van der Waals surface area contributed by atoms with Gasteiger partial charge in [-0.1, -0.05) is 0 Å². The number of carbonyl (C=O) groups excluding carboxylic acids is 2. The van der Waals surface area contributed by atoms with E-state index in [1.54, 1.807) is 29.2 Å². The van der Waals surface area contributed by atoms with Crippen LogP contribution in [0.4, 0.5) is 25.0 Å². The highest BCUT2D eigenvalue weighted by Crippen LogP contribution is 2.20. The van der Waals surface area contributed by atoms with E-state index in [2.05, 4.69) is 15.4 Å². The molecule has 0 aliphatic carbocycles. The van der Waals surface area contributed by atoms with E-state index >= 15 is 0 Å². The van der Waals surface area contributed by atoms with Gasteiger partial charge in [0.1, 0.15) is 5.75 Å². The van der Waals surface area contributed by atoms with Gasteiger partial charge in [-0.05, 0) is 48.5 Å². The average Bonchev–Trinajstić information content (AvgIpc) is 3.02. The zero-order chi connectivity index (χ0) is 17.8. The fourth-order valence-electron chi connectivity index (χ4n) is 2.43. The number of anilines is 2. The predicted molar refractivity (Wildman–Crippen MR) is 88.2 cm³/mol. The molecular weight excluding hydrogens is 332 g/mol. The normalized spacial score (nSPS) is 13.7. The third kappa shape index (κ3) is 4.03. The van der Waals surface area contributed by atoms with Gasteiger partial charge < -0.3 is 15.4 Å². The summed E-state index contributed by atoms with van der Waals surface area (Å²) < 4.78 is 28.4. The summed E-state index contributed by atoms with van der Waals surface area (Å²) in [5.74, 6) is -0.393. The van der Waals surface area contributed by atoms with Gasteiger partial charge in [0, 0.05) is 30.0 Å². The Kier molecular flexibility index (Phi) is 4.78. The topological polar surface area (TPSA) is 70.7 Å². The summed E-state index contributed by atoms with van der Waals surface area (Å²) in [6, 6.07) is 12.1. The number of carbonyl (C=O) groups is 2. The first-order valence-corrected chi connectivity index (χ1v) is 7.54. The number of hydrogen-bond acceptors (Lipinski definition) is 3. The van der Waals surface area contributed by atoms with Crippen molar-refractivity contribution in [2.75, 3.05) is 23.3 Å². The second-order valence-electron chi connectivity index (χ2n) is 5.29. The van der Waals surface area contributed by atoms with Gasteiger partial charge in [0.25, 0.3) is 5.91 Å². The lowest BCUT2D eigenvalue weighted by atomic mass is 10.2. The molecule has 0 radical (unpaired) electrons. The highest BCUT2D eigenvalue weighted by molar-refractivity contribution is 6.04. The number of ether oxygens (including phenoxy) is 1. The van der Waals surface area contributed by atoms with E-state index in [0.717, 1.165) is 5.69 Å². The predicted octanol–water partition coefficient (Wildman–Crippen LogP) is 3.07. The van der Waals surface area contributed by atoms with Crippen LogP contribution in [-0.4, -0.2) is 31.6 Å². The Hall–Kier alpha value is -3.16. The van der Waals surface area contributed by atoms with Crippen molar-refractivity contribution in [1.82, 2.24) is 5.32 Å². The lowest BCUT2D eigenvalue weighted by Gasteiger charge is -2.14. The summed E-state index contributed by atoms with van der Waals surface area (Å²) in [6.45, 7) is -1.71. The minimum absolute atomic E-state index is 0.0141. The molecule has 1 heterocycles. The zero-order valence-corrected chi connectivity index (χ0v) is 13.0. The van der Waals surface area contributed by atoms with Crippen LogP contribution in [0.3, 0.4) is 0 Å². The average molecular weight is 347 g/mol. The van der Waals surface area contributed by atoms with Gasteiger partial charge in [-0.2, -0.15) is 8.78 Å². The Morgan fingerprint density at radius 3 is 2.36 bits per heavy atom. The lowest BCUT2D eigenvalue weighted by molar-refractivity contribution is -0.0498. The molecule has 0 atom stereocenters. The molecule has 130 valence electrons. The van der Waals surface area contributed by atoms with Crippen molar-refractivity contribution in [3.63, 3.8) is 0 Å². The molecule has 0 unspecified atom stereocenters. The van der Waals surface area contributed by atoms with Crippen molar-refractivity contribution >= 4 is 23.3 Å². The van der Waals surface area contributed by atoms with Crippen LogP contribution in [-0.2, 0) is 0 Å². The van der Waals surface area contributed by atoms with Crippen LogP contribution in [0.1, 0.15) is 10.4 Å². The van der Waals surface area contributed by atoms with E-state index in [0.29, 0.717) is 24.3 Å². The monoisotopic (exact) mass is 347 g/mol. The molecule has 0 bridgehead atoms. The minimum Gasteiger partial charge on any atom is -0.435 e. The number of hydrogen-bond donors (Lipinski definition) is 2. The Morgan fingerprint density at radius 1 is 1.12 bits per heavy atom. The number of benzene rings is 2. The van der Waals surface area contributed by atoms with Gasteiger partial charge in [-0.25, -0.2) is 4.79 Å². The highest BCUT2D eigenvalue weighted by Gasteiger charge is 2.20. The molecule has 0 spiro atoms. The molecule has 1 aliphatic rings. The van der Waals surface area contributed by atoms with E-state index in [4.69, 9.17) is 0 Å². The molecule has 2 aromatic rings. The Balaban J connectivity index is 1.63. The van der Waals surface area contributed by atoms with Gasteiger partial charge in [-0.15, -0.1) is 0 Å². The van der Waals surface area contributed by atoms with Gasteiger partial charge in [-0.3, -0.25) is 9.69 Å². The van der Waals surface area contributed by atoms with E-state index in [1.807, 2.05) is 0 Å². The minimum atomic E-state index is -2.91. The third-order valence-electron chi connectivity index (χ3n) is 3.64. The van der Waals surface area contributed by atoms with Crippen LogP contribution in [0.25, 0.3) is 0 Å². The van der Waals surface area contributed by atoms with Crippen LogP contribution in [0.15, 0.2) is 48.5 Å². The van der Waals surface area contributed by atoms with Crippen LogP contribution in [0, 0.1) is 0 Å². The summed E-state index contributed by atoms with van der Waals surface area (Å²) in [5.41, 5.74) is 1.60. The van der Waals surface area contributed by atoms with Crippen molar-refractivity contribution in [1.29, 1.82) is 0 Å². The number of halogens is 2. The number of nitrogens with one attached hydrogen (secondary N) is 2. The molecule has 3 amide bonds. The molecule has 0 aromatic heterocycles. The second kappa shape index (κ2) is 7.16. The molecule has 1 saturated heterocycles. The van der Waals surface area contributed by atoms with E-state index in [1.165, 1.54) is 24.3 Å². The van der Waals surface area contributed by atoms with Crippen LogP contribution >= 0.6 is 0 Å². The van der Waals surface area contributed by atoms with Gasteiger partial charge in [0.15, 0.2) is 0 Å². The number of rotatable bonds is 5. The lowest BCUT2D eigenvalue weighted by Crippen LogP contribution is -2.27. The maximum absolute atomic E-state index is 12.2. The molecule has 1 fully saturated rings. The first-order chi connectivity index (χ1) is 12.0. The summed E-state index contributed by atoms with van der Waals surface area (Å²) in [6.07, 6.45) is 0. The number of amides is 3. The molecule has 6 nitrogen and oxygen atoms in total. The first-order valence-electron chi connectivity index (χ1n) is 7.54. The molecule has 0 saturated carbocycles. The van der Waals surface area contributed by atoms with Crippen molar-refractivity contribution < 1.29 is 23.1 Å². The zero-order valence-electron chi connectivity index (χ0n) is 13.0. The van der Waals surface area contributed by atoms with E-state index in [-0.39, 0.29) is 17.7 Å². The highest BCUT2D eigenvalue weighted by atomic mass is 19.3.